The largest absolute Gasteiger partial charge is 0.507 e. The van der Waals surface area contributed by atoms with Crippen LogP contribution >= 0.6 is 11.3 Å². The molecule has 2 heterocycles. The van der Waals surface area contributed by atoms with Crippen LogP contribution in [0.4, 0.5) is 0 Å². The van der Waals surface area contributed by atoms with Crippen LogP contribution in [0.3, 0.4) is 0 Å². The van der Waals surface area contributed by atoms with Crippen LogP contribution in [0.2, 0.25) is 0 Å². The van der Waals surface area contributed by atoms with E-state index in [9.17, 15) is 14.7 Å². The first-order valence-electron chi connectivity index (χ1n) is 9.40. The van der Waals surface area contributed by atoms with Gasteiger partial charge in [-0.25, -0.2) is 4.98 Å². The summed E-state index contributed by atoms with van der Waals surface area (Å²) in [5.74, 6) is -0.181. The fraction of sp³-hybridized carbons (Fsp3) is 0.429. The third-order valence-electron chi connectivity index (χ3n) is 4.66. The first kappa shape index (κ1) is 20.4. The number of hydrogen-bond donors (Lipinski definition) is 1. The SMILES string of the molecule is CC(=O)Cc1nc2c(s1)C(=O)/C(=C(\O)c1ccc(CCCN(C)C)nc1)CC2. The predicted molar refractivity (Wildman–Crippen MR) is 110 cm³/mol. The quantitative estimate of drug-likeness (QED) is 0.568. The topological polar surface area (TPSA) is 83.4 Å². The van der Waals surface area contributed by atoms with E-state index in [0.717, 1.165) is 30.8 Å². The van der Waals surface area contributed by atoms with E-state index < -0.39 is 0 Å². The molecule has 0 bridgehead atoms. The third kappa shape index (κ3) is 4.72. The Balaban J connectivity index is 1.77. The van der Waals surface area contributed by atoms with E-state index in [0.29, 0.717) is 33.9 Å². The van der Waals surface area contributed by atoms with E-state index in [2.05, 4.69) is 14.9 Å². The minimum absolute atomic E-state index is 0.00971. The Morgan fingerprint density at radius 1 is 1.29 bits per heavy atom. The summed E-state index contributed by atoms with van der Waals surface area (Å²) in [5, 5.41) is 11.3. The third-order valence-corrected chi connectivity index (χ3v) is 5.75. The van der Waals surface area contributed by atoms with Gasteiger partial charge in [0.05, 0.1) is 17.0 Å². The number of pyridine rings is 1. The Labute approximate surface area is 168 Å². The summed E-state index contributed by atoms with van der Waals surface area (Å²) in [4.78, 5) is 35.7. The Hall–Kier alpha value is -2.38. The number of ketones is 2. The highest BCUT2D eigenvalue weighted by Crippen LogP contribution is 2.33. The average molecular weight is 400 g/mol. The number of aryl methyl sites for hydroxylation is 2. The molecular weight excluding hydrogens is 374 g/mol. The second kappa shape index (κ2) is 8.75. The molecular formula is C21H25N3O3S. The molecule has 1 N–H and O–H groups in total. The molecule has 7 heteroatoms. The number of rotatable bonds is 7. The Morgan fingerprint density at radius 3 is 2.71 bits per heavy atom. The van der Waals surface area contributed by atoms with Crippen molar-refractivity contribution < 1.29 is 14.7 Å². The molecule has 0 atom stereocenters. The normalized spacial score (nSPS) is 15.6. The number of aliphatic hydroxyl groups excluding tert-OH is 1. The highest BCUT2D eigenvalue weighted by molar-refractivity contribution is 7.14. The van der Waals surface area contributed by atoms with Crippen molar-refractivity contribution >= 4 is 28.7 Å². The first-order valence-corrected chi connectivity index (χ1v) is 10.2. The summed E-state index contributed by atoms with van der Waals surface area (Å²) in [6, 6.07) is 3.72. The van der Waals surface area contributed by atoms with Gasteiger partial charge in [0.1, 0.15) is 16.6 Å². The second-order valence-electron chi connectivity index (χ2n) is 7.36. The van der Waals surface area contributed by atoms with Crippen molar-refractivity contribution in [2.75, 3.05) is 20.6 Å². The molecule has 0 radical (unpaired) electrons. The van der Waals surface area contributed by atoms with E-state index in [1.54, 1.807) is 6.20 Å². The van der Waals surface area contributed by atoms with E-state index in [1.807, 2.05) is 26.2 Å². The van der Waals surface area contributed by atoms with Gasteiger partial charge in [-0.1, -0.05) is 0 Å². The van der Waals surface area contributed by atoms with Crippen LogP contribution in [0.5, 0.6) is 0 Å². The van der Waals surface area contributed by atoms with Gasteiger partial charge in [0.15, 0.2) is 0 Å². The van der Waals surface area contributed by atoms with Crippen LogP contribution in [0.25, 0.3) is 5.76 Å². The minimum Gasteiger partial charge on any atom is -0.507 e. The second-order valence-corrected chi connectivity index (χ2v) is 8.45. The molecule has 0 unspecified atom stereocenters. The van der Waals surface area contributed by atoms with Crippen LogP contribution in [-0.2, 0) is 24.1 Å². The Bertz CT molecular complexity index is 913. The van der Waals surface area contributed by atoms with Gasteiger partial charge in [-0.05, 0) is 65.4 Å². The molecule has 0 spiro atoms. The Kier molecular flexibility index (Phi) is 6.36. The molecule has 2 aromatic heterocycles. The highest BCUT2D eigenvalue weighted by atomic mass is 32.1. The number of hydrogen-bond acceptors (Lipinski definition) is 7. The van der Waals surface area contributed by atoms with Gasteiger partial charge < -0.3 is 10.0 Å². The first-order chi connectivity index (χ1) is 13.3. The minimum atomic E-state index is -0.193. The summed E-state index contributed by atoms with van der Waals surface area (Å²) < 4.78 is 0. The molecule has 1 aliphatic carbocycles. The maximum Gasteiger partial charge on any atom is 0.204 e. The van der Waals surface area contributed by atoms with Crippen molar-refractivity contribution in [2.24, 2.45) is 0 Å². The lowest BCUT2D eigenvalue weighted by atomic mass is 9.93. The molecule has 0 saturated carbocycles. The molecule has 2 aromatic rings. The number of nitrogens with zero attached hydrogens (tertiary/aromatic N) is 3. The van der Waals surface area contributed by atoms with E-state index >= 15 is 0 Å². The smallest absolute Gasteiger partial charge is 0.204 e. The van der Waals surface area contributed by atoms with Crippen molar-refractivity contribution in [1.29, 1.82) is 0 Å². The van der Waals surface area contributed by atoms with Crippen molar-refractivity contribution in [3.63, 3.8) is 0 Å². The number of aliphatic hydroxyl groups is 1. The zero-order valence-electron chi connectivity index (χ0n) is 16.5. The monoisotopic (exact) mass is 399 g/mol. The summed E-state index contributed by atoms with van der Waals surface area (Å²) >= 11 is 1.26. The molecule has 28 heavy (non-hydrogen) atoms. The average Bonchev–Trinajstić information content (AvgIpc) is 3.04. The highest BCUT2D eigenvalue weighted by Gasteiger charge is 2.29. The fourth-order valence-corrected chi connectivity index (χ4v) is 4.37. The van der Waals surface area contributed by atoms with Gasteiger partial charge in [-0.2, -0.15) is 0 Å². The molecule has 0 aromatic carbocycles. The summed E-state index contributed by atoms with van der Waals surface area (Å²) in [5.41, 5.74) is 2.65. The molecule has 0 amide bonds. The number of carbonyl (C=O) groups excluding carboxylic acids is 2. The maximum atomic E-state index is 12.8. The lowest BCUT2D eigenvalue weighted by molar-refractivity contribution is -0.116. The number of fused-ring (bicyclic) bond motifs is 1. The van der Waals surface area contributed by atoms with Gasteiger partial charge in [0, 0.05) is 23.0 Å². The van der Waals surface area contributed by atoms with Crippen molar-refractivity contribution in [2.45, 2.75) is 39.0 Å². The van der Waals surface area contributed by atoms with Crippen LogP contribution in [0.1, 0.15) is 51.4 Å². The van der Waals surface area contributed by atoms with E-state index in [-0.39, 0.29) is 23.7 Å². The standard InChI is InChI=1S/C21H25N3O3S/c1-13(25)11-18-23-17-9-8-16(20(27)21(17)28-18)19(26)14-6-7-15(22-12-14)5-4-10-24(2)3/h6-7,12,26H,4-5,8-11H2,1-3H3/b19-16-. The molecule has 1 aliphatic rings. The van der Waals surface area contributed by atoms with Gasteiger partial charge in [0.2, 0.25) is 5.78 Å². The van der Waals surface area contributed by atoms with Crippen molar-refractivity contribution in [3.8, 4) is 0 Å². The molecule has 6 nitrogen and oxygen atoms in total. The lowest BCUT2D eigenvalue weighted by Gasteiger charge is -2.14. The van der Waals surface area contributed by atoms with Gasteiger partial charge in [-0.15, -0.1) is 11.3 Å². The number of allylic oxidation sites excluding steroid dienone is 1. The Morgan fingerprint density at radius 2 is 2.07 bits per heavy atom. The molecule has 0 saturated heterocycles. The number of thiazole rings is 1. The molecule has 3 rings (SSSR count). The van der Waals surface area contributed by atoms with Crippen molar-refractivity contribution in [1.82, 2.24) is 14.9 Å². The predicted octanol–water partition coefficient (Wildman–Crippen LogP) is 3.26. The molecule has 0 aliphatic heterocycles. The molecule has 0 fully saturated rings. The number of carbonyl (C=O) groups is 2. The summed E-state index contributed by atoms with van der Waals surface area (Å²) in [6.45, 7) is 2.51. The lowest BCUT2D eigenvalue weighted by Crippen LogP contribution is -2.14. The fourth-order valence-electron chi connectivity index (χ4n) is 3.22. The van der Waals surface area contributed by atoms with Crippen molar-refractivity contribution in [3.05, 3.63) is 50.7 Å². The van der Waals surface area contributed by atoms with Crippen LogP contribution in [-0.4, -0.2) is 52.2 Å². The van der Waals surface area contributed by atoms with E-state index in [1.165, 1.54) is 18.3 Å². The zero-order chi connectivity index (χ0) is 20.3. The van der Waals surface area contributed by atoms with Gasteiger partial charge >= 0.3 is 0 Å². The number of aromatic nitrogens is 2. The van der Waals surface area contributed by atoms with Crippen LogP contribution < -0.4 is 0 Å². The molecule has 148 valence electrons. The maximum absolute atomic E-state index is 12.8. The van der Waals surface area contributed by atoms with E-state index in [4.69, 9.17) is 0 Å². The zero-order valence-corrected chi connectivity index (χ0v) is 17.3. The summed E-state index contributed by atoms with van der Waals surface area (Å²) in [7, 11) is 4.08. The summed E-state index contributed by atoms with van der Waals surface area (Å²) in [6.07, 6.45) is 4.79. The van der Waals surface area contributed by atoms with Gasteiger partial charge in [-0.3, -0.25) is 14.6 Å². The number of Topliss-reactive ketones (excluding diaryl/α,β-unsaturated/α-hetero) is 2. The van der Waals surface area contributed by atoms with Gasteiger partial charge in [0.25, 0.3) is 0 Å². The van der Waals surface area contributed by atoms with Crippen LogP contribution in [0.15, 0.2) is 23.9 Å². The van der Waals surface area contributed by atoms with Crippen LogP contribution in [0, 0.1) is 0 Å².